The molecule has 1 aromatic heterocycles. The van der Waals surface area contributed by atoms with Crippen LogP contribution in [0.15, 0.2) is 0 Å². The molecule has 1 heterocycles. The molecule has 1 rings (SSSR count). The van der Waals surface area contributed by atoms with Crippen LogP contribution in [-0.2, 0) is 5.75 Å². The van der Waals surface area contributed by atoms with Gasteiger partial charge in [0.2, 0.25) is 0 Å². The average Bonchev–Trinajstić information content (AvgIpc) is 2.37. The van der Waals surface area contributed by atoms with Gasteiger partial charge in [0, 0.05) is 18.1 Å². The van der Waals surface area contributed by atoms with Crippen molar-refractivity contribution in [3.8, 4) is 0 Å². The molecule has 0 spiro atoms. The SMILES string of the molecule is NCCSCc1nsnc1Cl. The molecule has 0 aromatic carbocycles. The highest BCUT2D eigenvalue weighted by molar-refractivity contribution is 7.98. The zero-order valence-electron chi connectivity index (χ0n) is 5.79. The number of thioether (sulfide) groups is 1. The average molecular weight is 210 g/mol. The molecule has 0 saturated heterocycles. The number of rotatable bonds is 4. The van der Waals surface area contributed by atoms with Crippen molar-refractivity contribution >= 4 is 35.1 Å². The maximum Gasteiger partial charge on any atom is 0.166 e. The molecule has 0 amide bonds. The number of halogens is 1. The summed E-state index contributed by atoms with van der Waals surface area (Å²) in [6.07, 6.45) is 0. The van der Waals surface area contributed by atoms with Gasteiger partial charge in [-0.05, 0) is 0 Å². The molecule has 11 heavy (non-hydrogen) atoms. The van der Waals surface area contributed by atoms with Crippen LogP contribution in [0.5, 0.6) is 0 Å². The van der Waals surface area contributed by atoms with E-state index in [-0.39, 0.29) is 0 Å². The molecule has 2 N–H and O–H groups in total. The fraction of sp³-hybridized carbons (Fsp3) is 0.600. The van der Waals surface area contributed by atoms with E-state index in [2.05, 4.69) is 8.75 Å². The molecule has 0 atom stereocenters. The zero-order valence-corrected chi connectivity index (χ0v) is 8.18. The van der Waals surface area contributed by atoms with Crippen molar-refractivity contribution in [2.75, 3.05) is 12.3 Å². The second-order valence-corrected chi connectivity index (χ2v) is 3.83. The Morgan fingerprint density at radius 1 is 1.55 bits per heavy atom. The second-order valence-electron chi connectivity index (χ2n) is 1.84. The topological polar surface area (TPSA) is 51.8 Å². The van der Waals surface area contributed by atoms with Crippen LogP contribution in [0.3, 0.4) is 0 Å². The Morgan fingerprint density at radius 2 is 2.36 bits per heavy atom. The van der Waals surface area contributed by atoms with Crippen LogP contribution in [-0.4, -0.2) is 21.0 Å². The molecule has 6 heteroatoms. The fourth-order valence-electron chi connectivity index (χ4n) is 0.534. The van der Waals surface area contributed by atoms with Gasteiger partial charge in [-0.3, -0.25) is 0 Å². The van der Waals surface area contributed by atoms with E-state index >= 15 is 0 Å². The summed E-state index contributed by atoms with van der Waals surface area (Å²) in [6.45, 7) is 0.694. The van der Waals surface area contributed by atoms with E-state index in [0.717, 1.165) is 28.9 Å². The number of hydrogen-bond acceptors (Lipinski definition) is 5. The monoisotopic (exact) mass is 209 g/mol. The van der Waals surface area contributed by atoms with Crippen LogP contribution in [0.4, 0.5) is 0 Å². The number of nitrogens with two attached hydrogens (primary N) is 1. The highest BCUT2D eigenvalue weighted by Crippen LogP contribution is 2.17. The first kappa shape index (κ1) is 9.25. The number of aromatic nitrogens is 2. The summed E-state index contributed by atoms with van der Waals surface area (Å²) in [4.78, 5) is 0. The van der Waals surface area contributed by atoms with E-state index in [1.165, 1.54) is 0 Å². The molecular weight excluding hydrogens is 202 g/mol. The van der Waals surface area contributed by atoms with Gasteiger partial charge in [-0.1, -0.05) is 11.6 Å². The van der Waals surface area contributed by atoms with E-state index in [1.807, 2.05) is 0 Å². The fourth-order valence-corrected chi connectivity index (χ4v) is 2.12. The molecule has 0 aliphatic rings. The van der Waals surface area contributed by atoms with E-state index in [0.29, 0.717) is 11.7 Å². The summed E-state index contributed by atoms with van der Waals surface area (Å²) < 4.78 is 7.87. The van der Waals surface area contributed by atoms with Gasteiger partial charge in [-0.2, -0.15) is 20.5 Å². The Kier molecular flexibility index (Phi) is 4.14. The maximum absolute atomic E-state index is 5.71. The number of nitrogens with zero attached hydrogens (tertiary/aromatic N) is 2. The molecule has 0 saturated carbocycles. The Balaban J connectivity index is 2.32. The first-order valence-electron chi connectivity index (χ1n) is 3.09. The van der Waals surface area contributed by atoms with Crippen molar-refractivity contribution < 1.29 is 0 Å². The standard InChI is InChI=1S/C5H8ClN3S2/c6-5-4(8-11-9-5)3-10-2-1-7/h1-3,7H2. The molecule has 0 radical (unpaired) electrons. The van der Waals surface area contributed by atoms with Crippen molar-refractivity contribution in [2.24, 2.45) is 5.73 Å². The van der Waals surface area contributed by atoms with Gasteiger partial charge in [-0.15, -0.1) is 0 Å². The Bertz CT molecular complexity index is 215. The first-order chi connectivity index (χ1) is 5.34. The maximum atomic E-state index is 5.71. The summed E-state index contributed by atoms with van der Waals surface area (Å²) >= 11 is 8.58. The van der Waals surface area contributed by atoms with Crippen molar-refractivity contribution in [3.63, 3.8) is 0 Å². The third-order valence-electron chi connectivity index (χ3n) is 1.01. The van der Waals surface area contributed by atoms with Gasteiger partial charge < -0.3 is 5.73 Å². The minimum Gasteiger partial charge on any atom is -0.330 e. The Morgan fingerprint density at radius 3 is 2.91 bits per heavy atom. The molecule has 0 bridgehead atoms. The molecule has 0 aliphatic heterocycles. The van der Waals surface area contributed by atoms with E-state index < -0.39 is 0 Å². The predicted octanol–water partition coefficient (Wildman–Crippen LogP) is 1.38. The van der Waals surface area contributed by atoms with Crippen LogP contribution in [0.2, 0.25) is 5.15 Å². The van der Waals surface area contributed by atoms with Gasteiger partial charge in [0.05, 0.1) is 11.7 Å². The molecule has 0 aliphatic carbocycles. The molecule has 3 nitrogen and oxygen atoms in total. The molecular formula is C5H8ClN3S2. The highest BCUT2D eigenvalue weighted by atomic mass is 35.5. The van der Waals surface area contributed by atoms with Crippen LogP contribution in [0.25, 0.3) is 0 Å². The molecule has 0 unspecified atom stereocenters. The summed E-state index contributed by atoms with van der Waals surface area (Å²) in [5, 5.41) is 0.527. The Hall–Kier alpha value is 0.160. The van der Waals surface area contributed by atoms with Gasteiger partial charge in [-0.25, -0.2) is 0 Å². The van der Waals surface area contributed by atoms with Crippen LogP contribution < -0.4 is 5.73 Å². The Labute approximate surface area is 78.7 Å². The lowest BCUT2D eigenvalue weighted by atomic mass is 10.6. The predicted molar refractivity (Wildman–Crippen MR) is 50.1 cm³/mol. The van der Waals surface area contributed by atoms with Crippen LogP contribution >= 0.6 is 35.1 Å². The smallest absolute Gasteiger partial charge is 0.166 e. The summed E-state index contributed by atoms with van der Waals surface area (Å²) in [5.41, 5.74) is 6.19. The summed E-state index contributed by atoms with van der Waals surface area (Å²) in [7, 11) is 0. The zero-order chi connectivity index (χ0) is 8.10. The minimum atomic E-state index is 0.527. The quantitative estimate of drug-likeness (QED) is 0.762. The third kappa shape index (κ3) is 2.94. The minimum absolute atomic E-state index is 0.527. The number of hydrogen-bond donors (Lipinski definition) is 1. The van der Waals surface area contributed by atoms with Gasteiger partial charge in [0.15, 0.2) is 5.15 Å². The van der Waals surface area contributed by atoms with Gasteiger partial charge in [0.25, 0.3) is 0 Å². The van der Waals surface area contributed by atoms with Crippen LogP contribution in [0.1, 0.15) is 5.69 Å². The van der Waals surface area contributed by atoms with Crippen molar-refractivity contribution in [3.05, 3.63) is 10.8 Å². The van der Waals surface area contributed by atoms with Gasteiger partial charge >= 0.3 is 0 Å². The highest BCUT2D eigenvalue weighted by Gasteiger charge is 2.03. The largest absolute Gasteiger partial charge is 0.330 e. The van der Waals surface area contributed by atoms with E-state index in [4.69, 9.17) is 17.3 Å². The normalized spacial score (nSPS) is 10.4. The lowest BCUT2D eigenvalue weighted by Gasteiger charge is -1.94. The second kappa shape index (κ2) is 4.92. The van der Waals surface area contributed by atoms with Crippen molar-refractivity contribution in [2.45, 2.75) is 5.75 Å². The lowest BCUT2D eigenvalue weighted by molar-refractivity contribution is 1.14. The third-order valence-corrected chi connectivity index (χ3v) is 2.98. The van der Waals surface area contributed by atoms with Crippen molar-refractivity contribution in [1.29, 1.82) is 0 Å². The first-order valence-corrected chi connectivity index (χ1v) is 5.35. The molecule has 62 valence electrons. The van der Waals surface area contributed by atoms with Crippen LogP contribution in [0, 0.1) is 0 Å². The van der Waals surface area contributed by atoms with E-state index in [1.54, 1.807) is 11.8 Å². The molecule has 1 aromatic rings. The summed E-state index contributed by atoms with van der Waals surface area (Å²) in [5.74, 6) is 1.75. The van der Waals surface area contributed by atoms with Gasteiger partial charge in [0.1, 0.15) is 5.69 Å². The molecule has 0 fully saturated rings. The van der Waals surface area contributed by atoms with E-state index in [9.17, 15) is 0 Å². The summed E-state index contributed by atoms with van der Waals surface area (Å²) in [6, 6.07) is 0. The lowest BCUT2D eigenvalue weighted by Crippen LogP contribution is -2.01. The van der Waals surface area contributed by atoms with Crippen molar-refractivity contribution in [1.82, 2.24) is 8.75 Å².